The Balaban J connectivity index is 1.66. The zero-order valence-electron chi connectivity index (χ0n) is 11.6. The number of carboxylic acid groups (broad SMARTS) is 1. The third-order valence-electron chi connectivity index (χ3n) is 4.91. The van der Waals surface area contributed by atoms with Crippen LogP contribution in [0.2, 0.25) is 0 Å². The largest absolute Gasteiger partial charge is 0.481 e. The molecule has 3 rings (SSSR count). The number of carbonyl (C=O) groups excluding carboxylic acids is 1. The Morgan fingerprint density at radius 2 is 1.90 bits per heavy atom. The maximum absolute atomic E-state index is 12.5. The number of likely N-dealkylation sites (tertiary alicyclic amines) is 1. The molecule has 1 N–H and O–H groups in total. The van der Waals surface area contributed by atoms with Crippen LogP contribution < -0.4 is 0 Å². The van der Waals surface area contributed by atoms with Gasteiger partial charge >= 0.3 is 5.97 Å². The number of hydrogen-bond acceptors (Lipinski definition) is 2. The third kappa shape index (κ3) is 2.09. The van der Waals surface area contributed by atoms with Crippen molar-refractivity contribution >= 4 is 11.9 Å². The highest BCUT2D eigenvalue weighted by molar-refractivity contribution is 5.95. The van der Waals surface area contributed by atoms with E-state index in [4.69, 9.17) is 5.11 Å². The number of carbonyl (C=O) groups is 2. The molecule has 2 fully saturated rings. The zero-order valence-corrected chi connectivity index (χ0v) is 11.6. The Morgan fingerprint density at radius 3 is 2.45 bits per heavy atom. The smallest absolute Gasteiger partial charge is 0.307 e. The highest BCUT2D eigenvalue weighted by atomic mass is 16.4. The Bertz CT molecular complexity index is 559. The maximum atomic E-state index is 12.5. The third-order valence-corrected chi connectivity index (χ3v) is 4.91. The number of carboxylic acids is 1. The Hall–Kier alpha value is -1.84. The first-order chi connectivity index (χ1) is 9.53. The van der Waals surface area contributed by atoms with Gasteiger partial charge in [0.15, 0.2) is 0 Å². The van der Waals surface area contributed by atoms with E-state index < -0.39 is 5.97 Å². The van der Waals surface area contributed by atoms with Crippen LogP contribution in [0.3, 0.4) is 0 Å². The van der Waals surface area contributed by atoms with Crippen molar-refractivity contribution in [3.63, 3.8) is 0 Å². The molecule has 1 heterocycles. The minimum Gasteiger partial charge on any atom is -0.481 e. The molecule has 0 aromatic heterocycles. The van der Waals surface area contributed by atoms with Crippen molar-refractivity contribution < 1.29 is 14.7 Å². The molecular formula is C16H19NO3. The summed E-state index contributed by atoms with van der Waals surface area (Å²) in [6.45, 7) is 3.30. The average Bonchev–Trinajstić information content (AvgIpc) is 3.14. The summed E-state index contributed by atoms with van der Waals surface area (Å²) in [6.07, 6.45) is 2.43. The van der Waals surface area contributed by atoms with Gasteiger partial charge < -0.3 is 10.0 Å². The van der Waals surface area contributed by atoms with Crippen LogP contribution in [0.4, 0.5) is 0 Å². The molecule has 1 saturated carbocycles. The summed E-state index contributed by atoms with van der Waals surface area (Å²) >= 11 is 0. The number of amides is 1. The van der Waals surface area contributed by atoms with Gasteiger partial charge in [0, 0.05) is 18.7 Å². The molecule has 1 aliphatic carbocycles. The molecule has 4 nitrogen and oxygen atoms in total. The van der Waals surface area contributed by atoms with Crippen molar-refractivity contribution in [2.45, 2.75) is 26.2 Å². The number of aryl methyl sites for hydroxylation is 1. The predicted octanol–water partition coefficient (Wildman–Crippen LogP) is 2.32. The molecule has 1 aromatic rings. The molecule has 20 heavy (non-hydrogen) atoms. The lowest BCUT2D eigenvalue weighted by Gasteiger charge is -2.33. The monoisotopic (exact) mass is 273 g/mol. The van der Waals surface area contributed by atoms with Crippen LogP contribution in [0, 0.1) is 18.3 Å². The van der Waals surface area contributed by atoms with Crippen molar-refractivity contribution in [2.24, 2.45) is 11.3 Å². The van der Waals surface area contributed by atoms with Crippen LogP contribution in [0.5, 0.6) is 0 Å². The molecule has 1 atom stereocenters. The fourth-order valence-electron chi connectivity index (χ4n) is 3.39. The molecule has 1 unspecified atom stereocenters. The van der Waals surface area contributed by atoms with Gasteiger partial charge in [0.1, 0.15) is 0 Å². The number of piperidine rings is 1. The van der Waals surface area contributed by atoms with E-state index in [-0.39, 0.29) is 17.2 Å². The van der Waals surface area contributed by atoms with Crippen molar-refractivity contribution in [3.8, 4) is 0 Å². The summed E-state index contributed by atoms with van der Waals surface area (Å²) in [7, 11) is 0. The average molecular weight is 273 g/mol. The first-order valence-corrected chi connectivity index (χ1v) is 7.11. The van der Waals surface area contributed by atoms with Crippen LogP contribution in [-0.2, 0) is 4.79 Å². The van der Waals surface area contributed by atoms with Crippen molar-refractivity contribution in [2.75, 3.05) is 13.1 Å². The normalized spacial score (nSPS) is 23.6. The molecular weight excluding hydrogens is 254 g/mol. The molecule has 1 aliphatic heterocycles. The lowest BCUT2D eigenvalue weighted by atomic mass is 9.90. The van der Waals surface area contributed by atoms with Gasteiger partial charge in [-0.1, -0.05) is 18.2 Å². The summed E-state index contributed by atoms with van der Waals surface area (Å²) in [4.78, 5) is 25.4. The number of nitrogens with zero attached hydrogens (tertiary/aromatic N) is 1. The highest BCUT2D eigenvalue weighted by Gasteiger charge is 2.59. The summed E-state index contributed by atoms with van der Waals surface area (Å²) in [5.41, 5.74) is 1.73. The van der Waals surface area contributed by atoms with Crippen LogP contribution >= 0.6 is 0 Å². The SMILES string of the molecule is Cc1ccccc1C(=O)N1CCC2(CC1)CC2C(=O)O. The van der Waals surface area contributed by atoms with Gasteiger partial charge in [0.05, 0.1) is 5.92 Å². The summed E-state index contributed by atoms with van der Waals surface area (Å²) < 4.78 is 0. The number of rotatable bonds is 2. The van der Waals surface area contributed by atoms with E-state index in [9.17, 15) is 9.59 Å². The first kappa shape index (κ1) is 13.2. The Morgan fingerprint density at radius 1 is 1.25 bits per heavy atom. The quantitative estimate of drug-likeness (QED) is 0.899. The fourth-order valence-corrected chi connectivity index (χ4v) is 3.39. The molecule has 106 valence electrons. The van der Waals surface area contributed by atoms with Gasteiger partial charge in [-0.3, -0.25) is 9.59 Å². The molecule has 0 radical (unpaired) electrons. The highest BCUT2D eigenvalue weighted by Crippen LogP contribution is 2.59. The molecule has 2 aliphatic rings. The molecule has 1 amide bonds. The molecule has 1 aromatic carbocycles. The van der Waals surface area contributed by atoms with Crippen LogP contribution in [0.1, 0.15) is 35.2 Å². The van der Waals surface area contributed by atoms with Gasteiger partial charge in [-0.25, -0.2) is 0 Å². The topological polar surface area (TPSA) is 57.6 Å². The van der Waals surface area contributed by atoms with Gasteiger partial charge in [0.2, 0.25) is 0 Å². The lowest BCUT2D eigenvalue weighted by Crippen LogP contribution is -2.40. The summed E-state index contributed by atoms with van der Waals surface area (Å²) in [5.74, 6) is -0.785. The number of benzene rings is 1. The van der Waals surface area contributed by atoms with E-state index in [0.29, 0.717) is 13.1 Å². The predicted molar refractivity (Wildman–Crippen MR) is 74.5 cm³/mol. The minimum absolute atomic E-state index is 0.0195. The second kappa shape index (κ2) is 4.62. The fraction of sp³-hybridized carbons (Fsp3) is 0.500. The molecule has 1 spiro atoms. The van der Waals surface area contributed by atoms with Gasteiger partial charge in [-0.2, -0.15) is 0 Å². The van der Waals surface area contributed by atoms with E-state index in [1.54, 1.807) is 0 Å². The van der Waals surface area contributed by atoms with E-state index in [0.717, 1.165) is 30.4 Å². The van der Waals surface area contributed by atoms with Gasteiger partial charge in [0.25, 0.3) is 5.91 Å². The molecule has 1 saturated heterocycles. The van der Waals surface area contributed by atoms with Gasteiger partial charge in [-0.05, 0) is 43.2 Å². The van der Waals surface area contributed by atoms with E-state index in [2.05, 4.69) is 0 Å². The number of hydrogen-bond donors (Lipinski definition) is 1. The zero-order chi connectivity index (χ0) is 14.3. The van der Waals surface area contributed by atoms with Crippen molar-refractivity contribution in [1.29, 1.82) is 0 Å². The van der Waals surface area contributed by atoms with Crippen LogP contribution in [0.15, 0.2) is 24.3 Å². The first-order valence-electron chi connectivity index (χ1n) is 7.11. The second-order valence-corrected chi connectivity index (χ2v) is 6.06. The second-order valence-electron chi connectivity index (χ2n) is 6.06. The number of aliphatic carboxylic acids is 1. The lowest BCUT2D eigenvalue weighted by molar-refractivity contribution is -0.139. The van der Waals surface area contributed by atoms with E-state index in [1.165, 1.54) is 0 Å². The van der Waals surface area contributed by atoms with Crippen LogP contribution in [-0.4, -0.2) is 35.0 Å². The van der Waals surface area contributed by atoms with Crippen molar-refractivity contribution in [1.82, 2.24) is 4.90 Å². The Kier molecular flexibility index (Phi) is 3.04. The maximum Gasteiger partial charge on any atom is 0.307 e. The van der Waals surface area contributed by atoms with Crippen molar-refractivity contribution in [3.05, 3.63) is 35.4 Å². The van der Waals surface area contributed by atoms with Gasteiger partial charge in [-0.15, -0.1) is 0 Å². The minimum atomic E-state index is -0.677. The Labute approximate surface area is 118 Å². The van der Waals surface area contributed by atoms with Crippen LogP contribution in [0.25, 0.3) is 0 Å². The molecule has 0 bridgehead atoms. The summed E-state index contributed by atoms with van der Waals surface area (Å²) in [6, 6.07) is 7.62. The summed E-state index contributed by atoms with van der Waals surface area (Å²) in [5, 5.41) is 9.08. The van der Waals surface area contributed by atoms with E-state index in [1.807, 2.05) is 36.1 Å². The van der Waals surface area contributed by atoms with E-state index >= 15 is 0 Å². The standard InChI is InChI=1S/C16H19NO3/c1-11-4-2-3-5-12(11)14(18)17-8-6-16(7-9-17)10-13(16)15(19)20/h2-5,13H,6-10H2,1H3,(H,19,20). The molecule has 4 heteroatoms.